The third-order valence-corrected chi connectivity index (χ3v) is 3.37. The van der Waals surface area contributed by atoms with Crippen molar-refractivity contribution in [2.75, 3.05) is 19.0 Å². The van der Waals surface area contributed by atoms with Gasteiger partial charge < -0.3 is 14.8 Å². The molecule has 4 nitrogen and oxygen atoms in total. The molecule has 0 aliphatic carbocycles. The Balaban J connectivity index is 2.36. The minimum absolute atomic E-state index is 0.0344. The molecule has 0 saturated carbocycles. The maximum absolute atomic E-state index is 11.5. The van der Waals surface area contributed by atoms with Crippen LogP contribution in [0.15, 0.2) is 42.6 Å². The zero-order valence-electron chi connectivity index (χ0n) is 12.4. The summed E-state index contributed by atoms with van der Waals surface area (Å²) in [4.78, 5) is 13.5. The molecule has 1 heterocycles. The number of carbonyl (C=O) groups excluding carboxylic acids is 1. The molecule has 0 aliphatic rings. The molecule has 2 aromatic rings. The third kappa shape index (κ3) is 3.02. The minimum Gasteiger partial charge on any atom is -0.378 e. The Hall–Kier alpha value is -2.23. The van der Waals surface area contributed by atoms with Crippen LogP contribution in [-0.2, 0) is 11.8 Å². The van der Waals surface area contributed by atoms with Crippen molar-refractivity contribution in [2.45, 2.75) is 13.0 Å². The predicted molar refractivity (Wildman–Crippen MR) is 81.8 cm³/mol. The fourth-order valence-electron chi connectivity index (χ4n) is 2.27. The molecule has 0 spiro atoms. The molecule has 106 valence electrons. The van der Waals surface area contributed by atoms with Crippen LogP contribution in [0, 0.1) is 0 Å². The Labute approximate surface area is 120 Å². The highest BCUT2D eigenvalue weighted by Crippen LogP contribution is 2.24. The lowest BCUT2D eigenvalue weighted by Gasteiger charge is -2.21. The second-order valence-electron chi connectivity index (χ2n) is 5.16. The van der Waals surface area contributed by atoms with E-state index in [0.29, 0.717) is 0 Å². The molecule has 20 heavy (non-hydrogen) atoms. The van der Waals surface area contributed by atoms with Crippen molar-refractivity contribution in [1.82, 2.24) is 9.88 Å². The van der Waals surface area contributed by atoms with Crippen molar-refractivity contribution < 1.29 is 4.79 Å². The van der Waals surface area contributed by atoms with Gasteiger partial charge in [-0.1, -0.05) is 12.1 Å². The first-order valence-electron chi connectivity index (χ1n) is 6.64. The van der Waals surface area contributed by atoms with E-state index in [2.05, 4.69) is 34.5 Å². The maximum atomic E-state index is 11.5. The average molecular weight is 271 g/mol. The topological polar surface area (TPSA) is 37.3 Å². The van der Waals surface area contributed by atoms with E-state index >= 15 is 0 Å². The molecule has 1 N–H and O–H groups in total. The first kappa shape index (κ1) is 14.2. The van der Waals surface area contributed by atoms with Crippen molar-refractivity contribution in [3.63, 3.8) is 0 Å². The Morgan fingerprint density at radius 1 is 1.20 bits per heavy atom. The van der Waals surface area contributed by atoms with Crippen LogP contribution in [0.2, 0.25) is 0 Å². The van der Waals surface area contributed by atoms with Gasteiger partial charge >= 0.3 is 0 Å². The number of carbonyl (C=O) groups is 1. The standard InChI is InChI=1S/C16H21N3O/c1-12(20)17-16(15-6-5-11-19(15)4)13-7-9-14(10-8-13)18(2)3/h5-11,16H,1-4H3,(H,17,20). The molecule has 1 aromatic carbocycles. The van der Waals surface area contributed by atoms with Crippen LogP contribution in [0.4, 0.5) is 5.69 Å². The van der Waals surface area contributed by atoms with Gasteiger partial charge in [0.1, 0.15) is 0 Å². The monoisotopic (exact) mass is 271 g/mol. The molecular formula is C16H21N3O. The normalized spacial score (nSPS) is 12.0. The zero-order valence-corrected chi connectivity index (χ0v) is 12.4. The van der Waals surface area contributed by atoms with Gasteiger partial charge in [0.2, 0.25) is 5.91 Å². The lowest BCUT2D eigenvalue weighted by Crippen LogP contribution is -2.28. The molecule has 0 fully saturated rings. The van der Waals surface area contributed by atoms with E-state index in [1.165, 1.54) is 0 Å². The number of aromatic nitrogens is 1. The zero-order chi connectivity index (χ0) is 14.7. The summed E-state index contributed by atoms with van der Waals surface area (Å²) in [6.45, 7) is 1.55. The van der Waals surface area contributed by atoms with Gasteiger partial charge in [0, 0.05) is 45.6 Å². The van der Waals surface area contributed by atoms with Gasteiger partial charge in [-0.15, -0.1) is 0 Å². The van der Waals surface area contributed by atoms with E-state index in [1.807, 2.05) is 44.0 Å². The number of rotatable bonds is 4. The van der Waals surface area contributed by atoms with Gasteiger partial charge in [0.15, 0.2) is 0 Å². The van der Waals surface area contributed by atoms with Crippen LogP contribution >= 0.6 is 0 Å². The van der Waals surface area contributed by atoms with Crippen LogP contribution in [0.5, 0.6) is 0 Å². The summed E-state index contributed by atoms with van der Waals surface area (Å²) in [7, 11) is 6.01. The van der Waals surface area contributed by atoms with E-state index in [1.54, 1.807) is 6.92 Å². The van der Waals surface area contributed by atoms with Crippen molar-refractivity contribution in [3.05, 3.63) is 53.9 Å². The highest BCUT2D eigenvalue weighted by atomic mass is 16.1. The van der Waals surface area contributed by atoms with Crippen LogP contribution in [-0.4, -0.2) is 24.6 Å². The van der Waals surface area contributed by atoms with Crippen molar-refractivity contribution in [2.24, 2.45) is 7.05 Å². The lowest BCUT2D eigenvalue weighted by molar-refractivity contribution is -0.119. The van der Waals surface area contributed by atoms with Gasteiger partial charge in [-0.3, -0.25) is 4.79 Å². The van der Waals surface area contributed by atoms with E-state index in [0.717, 1.165) is 16.9 Å². The van der Waals surface area contributed by atoms with Gasteiger partial charge in [-0.2, -0.15) is 0 Å². The molecule has 0 aliphatic heterocycles. The number of nitrogens with zero attached hydrogens (tertiary/aromatic N) is 2. The number of nitrogens with one attached hydrogen (secondary N) is 1. The van der Waals surface area contributed by atoms with Gasteiger partial charge in [0.05, 0.1) is 6.04 Å². The average Bonchev–Trinajstić information content (AvgIpc) is 2.82. The lowest BCUT2D eigenvalue weighted by atomic mass is 10.0. The van der Waals surface area contributed by atoms with E-state index in [4.69, 9.17) is 0 Å². The molecule has 1 aromatic heterocycles. The third-order valence-electron chi connectivity index (χ3n) is 3.37. The molecule has 0 radical (unpaired) electrons. The summed E-state index contributed by atoms with van der Waals surface area (Å²) in [6.07, 6.45) is 1.98. The van der Waals surface area contributed by atoms with Crippen LogP contribution in [0.25, 0.3) is 0 Å². The van der Waals surface area contributed by atoms with Crippen LogP contribution in [0.3, 0.4) is 0 Å². The number of amides is 1. The van der Waals surface area contributed by atoms with E-state index in [9.17, 15) is 4.79 Å². The SMILES string of the molecule is CC(=O)NC(c1ccc(N(C)C)cc1)c1cccn1C. The summed E-state index contributed by atoms with van der Waals surface area (Å²) in [5.41, 5.74) is 3.28. The van der Waals surface area contributed by atoms with Crippen molar-refractivity contribution in [3.8, 4) is 0 Å². The second kappa shape index (κ2) is 5.82. The Kier molecular flexibility index (Phi) is 4.13. The quantitative estimate of drug-likeness (QED) is 0.926. The van der Waals surface area contributed by atoms with Gasteiger partial charge in [-0.05, 0) is 29.8 Å². The molecule has 2 rings (SSSR count). The fourth-order valence-corrected chi connectivity index (χ4v) is 2.27. The summed E-state index contributed by atoms with van der Waals surface area (Å²) < 4.78 is 2.03. The number of benzene rings is 1. The van der Waals surface area contributed by atoms with E-state index < -0.39 is 0 Å². The molecule has 1 unspecified atom stereocenters. The Bertz CT molecular complexity index is 584. The van der Waals surface area contributed by atoms with Crippen molar-refractivity contribution >= 4 is 11.6 Å². The largest absolute Gasteiger partial charge is 0.378 e. The van der Waals surface area contributed by atoms with Crippen LogP contribution < -0.4 is 10.2 Å². The first-order valence-corrected chi connectivity index (χ1v) is 6.64. The van der Waals surface area contributed by atoms with Crippen molar-refractivity contribution in [1.29, 1.82) is 0 Å². The van der Waals surface area contributed by atoms with Crippen LogP contribution in [0.1, 0.15) is 24.2 Å². The maximum Gasteiger partial charge on any atom is 0.217 e. The predicted octanol–water partition coefficient (Wildman–Crippen LogP) is 2.32. The molecule has 0 saturated heterocycles. The van der Waals surface area contributed by atoms with E-state index in [-0.39, 0.29) is 11.9 Å². The Morgan fingerprint density at radius 3 is 2.30 bits per heavy atom. The minimum atomic E-state index is -0.122. The Morgan fingerprint density at radius 2 is 1.85 bits per heavy atom. The second-order valence-corrected chi connectivity index (χ2v) is 5.16. The molecular weight excluding hydrogens is 250 g/mol. The molecule has 1 amide bonds. The highest BCUT2D eigenvalue weighted by Gasteiger charge is 2.17. The van der Waals surface area contributed by atoms with Gasteiger partial charge in [-0.25, -0.2) is 0 Å². The number of aryl methyl sites for hydroxylation is 1. The smallest absolute Gasteiger partial charge is 0.217 e. The summed E-state index contributed by atoms with van der Waals surface area (Å²) in [5, 5.41) is 3.01. The number of anilines is 1. The number of hydrogen-bond acceptors (Lipinski definition) is 2. The summed E-state index contributed by atoms with van der Waals surface area (Å²) >= 11 is 0. The molecule has 1 atom stereocenters. The highest BCUT2D eigenvalue weighted by molar-refractivity contribution is 5.74. The summed E-state index contributed by atoms with van der Waals surface area (Å²) in [5.74, 6) is -0.0344. The van der Waals surface area contributed by atoms with Gasteiger partial charge in [0.25, 0.3) is 0 Å². The first-order chi connectivity index (χ1) is 9.49. The molecule has 4 heteroatoms. The number of hydrogen-bond donors (Lipinski definition) is 1. The molecule has 0 bridgehead atoms. The fraction of sp³-hybridized carbons (Fsp3) is 0.312. The summed E-state index contributed by atoms with van der Waals surface area (Å²) in [6, 6.07) is 12.1.